The summed E-state index contributed by atoms with van der Waals surface area (Å²) in [4.78, 5) is 37.8. The number of nitrogens with zero attached hydrogens (tertiary/aromatic N) is 6. The molecule has 52 heavy (non-hydrogen) atoms. The Labute approximate surface area is 316 Å². The van der Waals surface area contributed by atoms with E-state index in [0.29, 0.717) is 66.7 Å². The summed E-state index contributed by atoms with van der Waals surface area (Å²) in [6.07, 6.45) is 11.5. The molecule has 4 aromatic rings. The van der Waals surface area contributed by atoms with Gasteiger partial charge in [-0.1, -0.05) is 23.2 Å². The molecular weight excluding hydrogens is 699 g/mol. The monoisotopic (exact) mass is 750 g/mol. The van der Waals surface area contributed by atoms with E-state index in [1.165, 1.54) is 0 Å². The number of hydrogen-bond donors (Lipinski definition) is 4. The lowest BCUT2D eigenvalue weighted by molar-refractivity contribution is -0.123. The van der Waals surface area contributed by atoms with E-state index in [0.717, 1.165) is 64.5 Å². The third-order valence-electron chi connectivity index (χ3n) is 10.9. The molecule has 0 amide bonds. The van der Waals surface area contributed by atoms with Gasteiger partial charge in [0.2, 0.25) is 0 Å². The number of fused-ring (bicyclic) bond motifs is 2. The molecule has 280 valence electrons. The highest BCUT2D eigenvalue weighted by molar-refractivity contribution is 6.30. The maximum Gasteiger partial charge on any atom is 0.152 e. The molecule has 2 fully saturated rings. The molecular formula is C39H52Cl2N8O3. The lowest BCUT2D eigenvalue weighted by atomic mass is 9.82. The molecule has 2 saturated carbocycles. The Kier molecular flexibility index (Phi) is 12.8. The van der Waals surface area contributed by atoms with Crippen molar-refractivity contribution in [2.45, 2.75) is 75.3 Å². The second-order valence-electron chi connectivity index (χ2n) is 15.3. The summed E-state index contributed by atoms with van der Waals surface area (Å²) in [6.45, 7) is 1.13. The van der Waals surface area contributed by atoms with E-state index in [4.69, 9.17) is 23.2 Å². The molecule has 11 nitrogen and oxygen atoms in total. The van der Waals surface area contributed by atoms with Crippen LogP contribution in [-0.4, -0.2) is 112 Å². The zero-order valence-corrected chi connectivity index (χ0v) is 32.2. The van der Waals surface area contributed by atoms with Gasteiger partial charge >= 0.3 is 0 Å². The van der Waals surface area contributed by atoms with Crippen LogP contribution < -0.4 is 10.6 Å². The number of aliphatic hydroxyl groups excluding tert-OH is 2. The number of rotatable bonds is 14. The van der Waals surface area contributed by atoms with Crippen LogP contribution in [0.15, 0.2) is 36.7 Å². The van der Waals surface area contributed by atoms with Crippen LogP contribution in [0.3, 0.4) is 0 Å². The van der Waals surface area contributed by atoms with Gasteiger partial charge in [-0.15, -0.1) is 0 Å². The fraction of sp³-hybridized carbons (Fsp3) is 0.564. The summed E-state index contributed by atoms with van der Waals surface area (Å²) in [6, 6.07) is 7.31. The summed E-state index contributed by atoms with van der Waals surface area (Å²) in [5.41, 5.74) is 4.69. The quantitative estimate of drug-likeness (QED) is 0.107. The van der Waals surface area contributed by atoms with E-state index in [2.05, 4.69) is 68.6 Å². The number of nitrogens with one attached hydrogen (secondary N) is 2. The van der Waals surface area contributed by atoms with Gasteiger partial charge in [0.1, 0.15) is 21.3 Å². The molecule has 2 aliphatic carbocycles. The number of anilines is 2. The largest absolute Gasteiger partial charge is 0.395 e. The maximum atomic E-state index is 14.8. The van der Waals surface area contributed by atoms with Crippen LogP contribution in [0.2, 0.25) is 10.3 Å². The van der Waals surface area contributed by atoms with E-state index >= 15 is 0 Å². The van der Waals surface area contributed by atoms with Gasteiger partial charge in [-0.05, 0) is 116 Å². The normalized spacial score (nSPS) is 22.2. The van der Waals surface area contributed by atoms with Gasteiger partial charge in [0.15, 0.2) is 5.78 Å². The minimum Gasteiger partial charge on any atom is -0.395 e. The molecule has 0 radical (unpaired) electrons. The Morgan fingerprint density at radius 3 is 1.42 bits per heavy atom. The molecule has 4 N–H and O–H groups in total. The fourth-order valence-electron chi connectivity index (χ4n) is 8.29. The van der Waals surface area contributed by atoms with Crippen LogP contribution in [0.5, 0.6) is 0 Å². The molecule has 2 aliphatic rings. The molecule has 0 aromatic carbocycles. The van der Waals surface area contributed by atoms with E-state index < -0.39 is 25.0 Å². The van der Waals surface area contributed by atoms with Gasteiger partial charge in [0.05, 0.1) is 47.5 Å². The number of halogens is 2. The Balaban J connectivity index is 1.34. The van der Waals surface area contributed by atoms with Crippen LogP contribution in [-0.2, 0) is 4.79 Å². The Morgan fingerprint density at radius 2 is 1.08 bits per heavy atom. The SMILES string of the molecule is CN(C)CC1CCC(Nc2c(C(CO)C(=O)C(CO)c3cnc4ccc(Cl)nc4c3NC3CCC(CN(C)C)CC3)cnc3ccc(Cl)nc23)CC1. The van der Waals surface area contributed by atoms with Crippen LogP contribution in [0.4, 0.5) is 11.4 Å². The predicted octanol–water partition coefficient (Wildman–Crippen LogP) is 6.37. The lowest BCUT2D eigenvalue weighted by Gasteiger charge is -2.33. The number of Topliss-reactive ketones (excluding diaryl/α,β-unsaturated/α-hetero) is 1. The summed E-state index contributed by atoms with van der Waals surface area (Å²) in [5.74, 6) is -1.13. The minimum absolute atomic E-state index is 0.149. The number of aromatic nitrogens is 4. The topological polar surface area (TPSA) is 140 Å². The van der Waals surface area contributed by atoms with Crippen molar-refractivity contribution in [3.63, 3.8) is 0 Å². The third-order valence-corrected chi connectivity index (χ3v) is 11.3. The van der Waals surface area contributed by atoms with Gasteiger partial charge in [-0.2, -0.15) is 0 Å². The number of carbonyl (C=O) groups is 1. The van der Waals surface area contributed by atoms with Gasteiger partial charge in [0, 0.05) is 48.7 Å². The molecule has 4 aromatic heterocycles. The maximum absolute atomic E-state index is 14.8. The summed E-state index contributed by atoms with van der Waals surface area (Å²) in [7, 11) is 8.43. The second kappa shape index (κ2) is 17.3. The smallest absolute Gasteiger partial charge is 0.152 e. The van der Waals surface area contributed by atoms with Crippen LogP contribution in [0.25, 0.3) is 22.1 Å². The first-order valence-corrected chi connectivity index (χ1v) is 19.3. The van der Waals surface area contributed by atoms with Crippen molar-refractivity contribution in [2.24, 2.45) is 11.8 Å². The van der Waals surface area contributed by atoms with Crippen molar-refractivity contribution in [1.29, 1.82) is 0 Å². The van der Waals surface area contributed by atoms with E-state index in [-0.39, 0.29) is 17.9 Å². The lowest BCUT2D eigenvalue weighted by Crippen LogP contribution is -2.33. The van der Waals surface area contributed by atoms with E-state index in [1.54, 1.807) is 24.5 Å². The van der Waals surface area contributed by atoms with Crippen LogP contribution >= 0.6 is 23.2 Å². The number of pyridine rings is 4. The van der Waals surface area contributed by atoms with Crippen molar-refractivity contribution in [1.82, 2.24) is 29.7 Å². The number of hydrogen-bond acceptors (Lipinski definition) is 11. The average molecular weight is 752 g/mol. The highest BCUT2D eigenvalue weighted by atomic mass is 35.5. The van der Waals surface area contributed by atoms with Gasteiger partial charge < -0.3 is 30.6 Å². The minimum atomic E-state index is -1.01. The van der Waals surface area contributed by atoms with Crippen LogP contribution in [0, 0.1) is 11.8 Å². The number of aliphatic hydroxyl groups is 2. The molecule has 2 unspecified atom stereocenters. The highest BCUT2D eigenvalue weighted by Gasteiger charge is 2.35. The zero-order chi connectivity index (χ0) is 36.9. The fourth-order valence-corrected chi connectivity index (χ4v) is 8.59. The molecule has 6 rings (SSSR count). The van der Waals surface area contributed by atoms with E-state index in [9.17, 15) is 15.0 Å². The molecule has 0 aliphatic heterocycles. The first-order valence-electron chi connectivity index (χ1n) is 18.5. The van der Waals surface area contributed by atoms with Crippen molar-refractivity contribution >= 4 is 62.4 Å². The summed E-state index contributed by atoms with van der Waals surface area (Å²) >= 11 is 12.8. The van der Waals surface area contributed by atoms with Crippen molar-refractivity contribution in [3.8, 4) is 0 Å². The molecule has 0 bridgehead atoms. The predicted molar refractivity (Wildman–Crippen MR) is 210 cm³/mol. The second-order valence-corrected chi connectivity index (χ2v) is 16.1. The standard InChI is InChI=1S/C39H52Cl2N8O3/c1-48(2)19-23-5-9-25(10-6-23)44-35-27(17-42-31-13-15-33(40)46-37(31)35)29(21-50)39(52)30(22-51)28-18-43-32-14-16-34(41)47-38(32)36(28)45-26-11-7-24(8-12-26)20-49(3)4/h13-18,23-26,29-30,50-51H,5-12,19-22H2,1-4H3,(H,42,44)(H,43,45). The first kappa shape index (κ1) is 38.5. The molecule has 2 atom stereocenters. The van der Waals surface area contributed by atoms with Crippen molar-refractivity contribution in [2.75, 3.05) is 65.1 Å². The summed E-state index contributed by atoms with van der Waals surface area (Å²) < 4.78 is 0. The Bertz CT molecular complexity index is 1710. The highest BCUT2D eigenvalue weighted by Crippen LogP contribution is 2.40. The van der Waals surface area contributed by atoms with Gasteiger partial charge in [-0.25, -0.2) is 9.97 Å². The van der Waals surface area contributed by atoms with Crippen molar-refractivity contribution < 1.29 is 15.0 Å². The van der Waals surface area contributed by atoms with Gasteiger partial charge in [-0.3, -0.25) is 14.8 Å². The van der Waals surface area contributed by atoms with Crippen LogP contribution in [0.1, 0.15) is 74.3 Å². The Morgan fingerprint density at radius 1 is 0.692 bits per heavy atom. The molecule has 0 spiro atoms. The molecule has 13 heteroatoms. The Hall–Kier alpha value is -3.19. The number of carbonyl (C=O) groups excluding carboxylic acids is 1. The number of ketones is 1. The van der Waals surface area contributed by atoms with Crippen molar-refractivity contribution in [3.05, 3.63) is 58.1 Å². The average Bonchev–Trinajstić information content (AvgIpc) is 3.11. The molecule has 4 heterocycles. The molecule has 0 saturated heterocycles. The zero-order valence-electron chi connectivity index (χ0n) is 30.7. The van der Waals surface area contributed by atoms with E-state index in [1.807, 2.05) is 12.1 Å². The van der Waals surface area contributed by atoms with Gasteiger partial charge in [0.25, 0.3) is 0 Å². The summed E-state index contributed by atoms with van der Waals surface area (Å²) in [5, 5.41) is 30.0. The third kappa shape index (κ3) is 8.94. The first-order chi connectivity index (χ1) is 25.0.